The van der Waals surface area contributed by atoms with Gasteiger partial charge in [-0.05, 0) is 48.6 Å². The van der Waals surface area contributed by atoms with Crippen LogP contribution in [0.1, 0.15) is 24.0 Å². The number of sulfonamides is 1. The molecule has 1 fully saturated rings. The minimum atomic E-state index is -3.52. The van der Waals surface area contributed by atoms with E-state index in [1.807, 2.05) is 12.1 Å². The summed E-state index contributed by atoms with van der Waals surface area (Å²) >= 11 is 0. The highest BCUT2D eigenvalue weighted by molar-refractivity contribution is 7.89. The Balaban J connectivity index is 1.30. The first-order chi connectivity index (χ1) is 14.0. The Morgan fingerprint density at radius 1 is 1.03 bits per heavy atom. The standard InChI is InChI=1S/C20H25N5O3S/c26-19(7-10-23-20-21-8-2-9-22-20)24-11-13-25(14-12-24)29(27,28)18-6-5-16-3-1-4-17(16)15-18/h2,5-6,8-9,15H,1,3-4,7,10-14H2,(H,21,22,23). The van der Waals surface area contributed by atoms with Crippen LogP contribution in [0.3, 0.4) is 0 Å². The Hall–Kier alpha value is -2.52. The topological polar surface area (TPSA) is 95.5 Å². The fraction of sp³-hybridized carbons (Fsp3) is 0.450. The normalized spacial score (nSPS) is 17.2. The number of nitrogens with zero attached hydrogens (tertiary/aromatic N) is 4. The zero-order valence-electron chi connectivity index (χ0n) is 16.2. The van der Waals surface area contributed by atoms with Crippen molar-refractivity contribution < 1.29 is 13.2 Å². The third kappa shape index (κ3) is 4.40. The predicted octanol–water partition coefficient (Wildman–Crippen LogP) is 1.30. The van der Waals surface area contributed by atoms with E-state index in [0.29, 0.717) is 50.0 Å². The van der Waals surface area contributed by atoms with E-state index in [9.17, 15) is 13.2 Å². The number of amides is 1. The number of aromatic nitrogens is 2. The third-order valence-electron chi connectivity index (χ3n) is 5.49. The molecule has 2 heterocycles. The maximum absolute atomic E-state index is 13.0. The van der Waals surface area contributed by atoms with Crippen LogP contribution >= 0.6 is 0 Å². The van der Waals surface area contributed by atoms with Crippen LogP contribution in [0.2, 0.25) is 0 Å². The van der Waals surface area contributed by atoms with E-state index in [2.05, 4.69) is 15.3 Å². The quantitative estimate of drug-likeness (QED) is 0.764. The average Bonchev–Trinajstić information content (AvgIpc) is 3.22. The minimum Gasteiger partial charge on any atom is -0.354 e. The highest BCUT2D eigenvalue weighted by Gasteiger charge is 2.30. The van der Waals surface area contributed by atoms with Gasteiger partial charge in [0.05, 0.1) is 4.90 Å². The predicted molar refractivity (Wildman–Crippen MR) is 109 cm³/mol. The lowest BCUT2D eigenvalue weighted by molar-refractivity contribution is -0.132. The van der Waals surface area contributed by atoms with Crippen molar-refractivity contribution in [3.8, 4) is 0 Å². The lowest BCUT2D eigenvalue weighted by atomic mass is 10.1. The number of hydrogen-bond donors (Lipinski definition) is 1. The van der Waals surface area contributed by atoms with Gasteiger partial charge in [0.1, 0.15) is 0 Å². The van der Waals surface area contributed by atoms with E-state index in [0.717, 1.165) is 24.8 Å². The molecule has 29 heavy (non-hydrogen) atoms. The number of carbonyl (C=O) groups is 1. The molecule has 0 saturated carbocycles. The summed E-state index contributed by atoms with van der Waals surface area (Å²) in [5.41, 5.74) is 2.41. The third-order valence-corrected chi connectivity index (χ3v) is 7.38. The van der Waals surface area contributed by atoms with Gasteiger partial charge in [-0.2, -0.15) is 4.31 Å². The van der Waals surface area contributed by atoms with Gasteiger partial charge in [-0.15, -0.1) is 0 Å². The van der Waals surface area contributed by atoms with Crippen molar-refractivity contribution in [2.75, 3.05) is 38.0 Å². The zero-order valence-corrected chi connectivity index (χ0v) is 17.1. The van der Waals surface area contributed by atoms with Crippen LogP contribution in [0.15, 0.2) is 41.6 Å². The van der Waals surface area contributed by atoms with E-state index in [1.54, 1.807) is 29.4 Å². The molecule has 9 heteroatoms. The van der Waals surface area contributed by atoms with Crippen molar-refractivity contribution in [3.05, 3.63) is 47.8 Å². The Morgan fingerprint density at radius 2 is 1.76 bits per heavy atom. The summed E-state index contributed by atoms with van der Waals surface area (Å²) in [7, 11) is -3.52. The van der Waals surface area contributed by atoms with Crippen molar-refractivity contribution in [2.24, 2.45) is 0 Å². The van der Waals surface area contributed by atoms with Crippen molar-refractivity contribution in [3.63, 3.8) is 0 Å². The molecule has 8 nitrogen and oxygen atoms in total. The molecule has 0 spiro atoms. The van der Waals surface area contributed by atoms with Crippen LogP contribution in [-0.4, -0.2) is 66.2 Å². The first-order valence-corrected chi connectivity index (χ1v) is 11.4. The molecular formula is C20H25N5O3S. The Morgan fingerprint density at radius 3 is 2.52 bits per heavy atom. The Bertz CT molecular complexity index is 973. The molecule has 1 N–H and O–H groups in total. The molecule has 1 aromatic carbocycles. The van der Waals surface area contributed by atoms with Crippen LogP contribution in [0, 0.1) is 0 Å². The molecule has 0 atom stereocenters. The average molecular weight is 416 g/mol. The minimum absolute atomic E-state index is 0.00279. The van der Waals surface area contributed by atoms with E-state index in [4.69, 9.17) is 0 Å². The van der Waals surface area contributed by atoms with Gasteiger partial charge in [0, 0.05) is 51.5 Å². The molecule has 4 rings (SSSR count). The number of anilines is 1. The maximum atomic E-state index is 13.0. The number of aryl methyl sites for hydroxylation is 2. The van der Waals surface area contributed by atoms with Gasteiger partial charge in [-0.1, -0.05) is 6.07 Å². The molecule has 0 radical (unpaired) electrons. The van der Waals surface area contributed by atoms with Crippen molar-refractivity contribution >= 4 is 21.9 Å². The van der Waals surface area contributed by atoms with Gasteiger partial charge in [0.25, 0.3) is 0 Å². The highest BCUT2D eigenvalue weighted by atomic mass is 32.2. The van der Waals surface area contributed by atoms with Crippen LogP contribution in [0.25, 0.3) is 0 Å². The van der Waals surface area contributed by atoms with Gasteiger partial charge >= 0.3 is 0 Å². The summed E-state index contributed by atoms with van der Waals surface area (Å²) in [5.74, 6) is 0.494. The van der Waals surface area contributed by atoms with E-state index in [-0.39, 0.29) is 5.91 Å². The summed E-state index contributed by atoms with van der Waals surface area (Å²) in [6.07, 6.45) is 6.65. The number of carbonyl (C=O) groups excluding carboxylic acids is 1. The second-order valence-corrected chi connectivity index (χ2v) is 9.26. The second-order valence-electron chi connectivity index (χ2n) is 7.32. The fourth-order valence-corrected chi connectivity index (χ4v) is 5.34. The molecule has 2 aliphatic rings. The largest absolute Gasteiger partial charge is 0.354 e. The first-order valence-electron chi connectivity index (χ1n) is 9.95. The van der Waals surface area contributed by atoms with Crippen molar-refractivity contribution in [2.45, 2.75) is 30.6 Å². The van der Waals surface area contributed by atoms with Gasteiger partial charge in [-0.25, -0.2) is 18.4 Å². The monoisotopic (exact) mass is 415 g/mol. The summed E-state index contributed by atoms with van der Waals surface area (Å²) in [6.45, 7) is 1.90. The fourth-order valence-electron chi connectivity index (χ4n) is 3.87. The van der Waals surface area contributed by atoms with Crippen LogP contribution in [-0.2, 0) is 27.7 Å². The van der Waals surface area contributed by atoms with Crippen molar-refractivity contribution in [1.29, 1.82) is 0 Å². The molecule has 1 aliphatic heterocycles. The highest BCUT2D eigenvalue weighted by Crippen LogP contribution is 2.26. The number of hydrogen-bond acceptors (Lipinski definition) is 6. The van der Waals surface area contributed by atoms with Crippen LogP contribution in [0.5, 0.6) is 0 Å². The van der Waals surface area contributed by atoms with Gasteiger partial charge in [0.2, 0.25) is 21.9 Å². The SMILES string of the molecule is O=C(CCNc1ncccn1)N1CCN(S(=O)(=O)c2ccc3c(c2)CCC3)CC1. The summed E-state index contributed by atoms with van der Waals surface area (Å²) in [5, 5.41) is 3.01. The number of rotatable bonds is 6. The Kier molecular flexibility index (Phi) is 5.77. The number of fused-ring (bicyclic) bond motifs is 1. The van der Waals surface area contributed by atoms with Crippen LogP contribution in [0.4, 0.5) is 5.95 Å². The maximum Gasteiger partial charge on any atom is 0.243 e. The number of nitrogens with one attached hydrogen (secondary N) is 1. The van der Waals surface area contributed by atoms with Gasteiger partial charge in [0.15, 0.2) is 0 Å². The van der Waals surface area contributed by atoms with E-state index < -0.39 is 10.0 Å². The molecule has 1 aromatic heterocycles. The van der Waals surface area contributed by atoms with E-state index >= 15 is 0 Å². The molecule has 1 aliphatic carbocycles. The second kappa shape index (κ2) is 8.46. The molecule has 1 saturated heterocycles. The lowest BCUT2D eigenvalue weighted by Crippen LogP contribution is -2.50. The van der Waals surface area contributed by atoms with E-state index in [1.165, 1.54) is 9.87 Å². The molecular weight excluding hydrogens is 390 g/mol. The summed E-state index contributed by atoms with van der Waals surface area (Å²) in [6, 6.07) is 7.21. The summed E-state index contributed by atoms with van der Waals surface area (Å²) < 4.78 is 27.5. The number of piperazine rings is 1. The molecule has 2 aromatic rings. The molecule has 0 bridgehead atoms. The summed E-state index contributed by atoms with van der Waals surface area (Å²) in [4.78, 5) is 22.6. The van der Waals surface area contributed by atoms with Gasteiger partial charge in [-0.3, -0.25) is 4.79 Å². The first kappa shape index (κ1) is 19.8. The van der Waals surface area contributed by atoms with Crippen LogP contribution < -0.4 is 5.32 Å². The lowest BCUT2D eigenvalue weighted by Gasteiger charge is -2.34. The van der Waals surface area contributed by atoms with Gasteiger partial charge < -0.3 is 10.2 Å². The molecule has 1 amide bonds. The Labute approximate surface area is 171 Å². The number of benzene rings is 1. The molecule has 154 valence electrons. The zero-order chi connectivity index (χ0) is 20.3. The molecule has 0 unspecified atom stereocenters. The van der Waals surface area contributed by atoms with Crippen molar-refractivity contribution in [1.82, 2.24) is 19.2 Å². The smallest absolute Gasteiger partial charge is 0.243 e.